The minimum Gasteiger partial charge on any atom is -0.465 e. The van der Waals surface area contributed by atoms with Gasteiger partial charge in [0.15, 0.2) is 0 Å². The summed E-state index contributed by atoms with van der Waals surface area (Å²) in [7, 11) is 0. The predicted octanol–water partition coefficient (Wildman–Crippen LogP) is 2.60. The van der Waals surface area contributed by atoms with Crippen LogP contribution in [-0.4, -0.2) is 22.4 Å². The number of hydrogen-bond donors (Lipinski definition) is 4. The van der Waals surface area contributed by atoms with Crippen molar-refractivity contribution in [2.45, 2.75) is 6.92 Å². The van der Waals surface area contributed by atoms with Crippen molar-refractivity contribution >= 4 is 36.0 Å². The van der Waals surface area contributed by atoms with E-state index >= 15 is 0 Å². The molecule has 0 saturated carbocycles. The minimum absolute atomic E-state index is 0. The van der Waals surface area contributed by atoms with Crippen LogP contribution in [0.3, 0.4) is 0 Å². The van der Waals surface area contributed by atoms with E-state index in [1.807, 2.05) is 0 Å². The van der Waals surface area contributed by atoms with E-state index in [0.29, 0.717) is 16.9 Å². The molecule has 16 heavy (non-hydrogen) atoms. The number of amides is 2. The van der Waals surface area contributed by atoms with Crippen molar-refractivity contribution in [1.29, 1.82) is 0 Å². The number of carbonyl (C=O) groups is 2. The second-order valence-corrected chi connectivity index (χ2v) is 2.84. The smallest absolute Gasteiger partial charge is 0.409 e. The summed E-state index contributed by atoms with van der Waals surface area (Å²) < 4.78 is 0. The summed E-state index contributed by atoms with van der Waals surface area (Å²) in [5.41, 5.74) is 1.24. The van der Waals surface area contributed by atoms with Gasteiger partial charge in [0, 0.05) is 11.4 Å². The minimum atomic E-state index is -1.19. The van der Waals surface area contributed by atoms with Gasteiger partial charge in [-0.1, -0.05) is 6.07 Å². The van der Waals surface area contributed by atoms with E-state index in [-0.39, 0.29) is 12.4 Å². The Hall–Kier alpha value is -1.95. The Morgan fingerprint density at radius 1 is 1.06 bits per heavy atom. The number of anilines is 2. The Balaban J connectivity index is 0.00000225. The lowest BCUT2D eigenvalue weighted by Gasteiger charge is -2.09. The fraction of sp³-hybridized carbons (Fsp3) is 0.111. The van der Waals surface area contributed by atoms with E-state index in [9.17, 15) is 9.59 Å². The van der Waals surface area contributed by atoms with Crippen molar-refractivity contribution in [2.75, 3.05) is 10.6 Å². The molecule has 0 aliphatic heterocycles. The summed E-state index contributed by atoms with van der Waals surface area (Å²) in [6.45, 7) is 1.62. The molecule has 1 rings (SSSR count). The standard InChI is InChI=1S/C9H10N2O4.ClH/c1-5-6(10-8(12)13)3-2-4-7(5)11-9(14)15;/h2-4,10-11H,1H3,(H,12,13)(H,14,15);1H. The first-order chi connectivity index (χ1) is 7.00. The molecule has 0 spiro atoms. The molecule has 1 aromatic rings. The first kappa shape index (κ1) is 14.1. The van der Waals surface area contributed by atoms with Gasteiger partial charge in [0.2, 0.25) is 0 Å². The summed E-state index contributed by atoms with van der Waals surface area (Å²) in [5, 5.41) is 21.4. The predicted molar refractivity (Wildman–Crippen MR) is 61.7 cm³/mol. The summed E-state index contributed by atoms with van der Waals surface area (Å²) in [5.74, 6) is 0. The number of hydrogen-bond acceptors (Lipinski definition) is 2. The lowest BCUT2D eigenvalue weighted by atomic mass is 10.1. The van der Waals surface area contributed by atoms with Gasteiger partial charge in [0.1, 0.15) is 0 Å². The van der Waals surface area contributed by atoms with E-state index in [2.05, 4.69) is 10.6 Å². The van der Waals surface area contributed by atoms with Crippen molar-refractivity contribution in [3.8, 4) is 0 Å². The second kappa shape index (κ2) is 5.82. The molecule has 0 aliphatic rings. The topological polar surface area (TPSA) is 98.7 Å². The highest BCUT2D eigenvalue weighted by Gasteiger charge is 2.07. The summed E-state index contributed by atoms with van der Waals surface area (Å²) in [6, 6.07) is 4.66. The number of nitrogens with one attached hydrogen (secondary N) is 2. The van der Waals surface area contributed by atoms with E-state index in [1.165, 1.54) is 0 Å². The highest BCUT2D eigenvalue weighted by molar-refractivity contribution is 5.89. The molecule has 0 heterocycles. The molecular weight excluding hydrogens is 236 g/mol. The van der Waals surface area contributed by atoms with E-state index in [1.54, 1.807) is 25.1 Å². The van der Waals surface area contributed by atoms with E-state index in [4.69, 9.17) is 10.2 Å². The van der Waals surface area contributed by atoms with Crippen LogP contribution in [0.5, 0.6) is 0 Å². The molecule has 0 aliphatic carbocycles. The molecule has 0 aromatic heterocycles. The Labute approximate surface area is 97.7 Å². The van der Waals surface area contributed by atoms with Crippen molar-refractivity contribution < 1.29 is 19.8 Å². The van der Waals surface area contributed by atoms with Gasteiger partial charge in [-0.05, 0) is 24.6 Å². The van der Waals surface area contributed by atoms with Crippen LogP contribution in [-0.2, 0) is 0 Å². The van der Waals surface area contributed by atoms with Crippen molar-refractivity contribution in [3.63, 3.8) is 0 Å². The van der Waals surface area contributed by atoms with Crippen LogP contribution < -0.4 is 10.6 Å². The molecule has 0 saturated heterocycles. The van der Waals surface area contributed by atoms with Gasteiger partial charge in [-0.2, -0.15) is 0 Å². The molecule has 0 unspecified atom stereocenters. The van der Waals surface area contributed by atoms with Crippen LogP contribution in [0.15, 0.2) is 18.2 Å². The van der Waals surface area contributed by atoms with Gasteiger partial charge in [0.25, 0.3) is 0 Å². The van der Waals surface area contributed by atoms with Crippen LogP contribution in [0.2, 0.25) is 0 Å². The number of halogens is 1. The van der Waals surface area contributed by atoms with Gasteiger partial charge in [-0.25, -0.2) is 9.59 Å². The second-order valence-electron chi connectivity index (χ2n) is 2.84. The summed E-state index contributed by atoms with van der Waals surface area (Å²) >= 11 is 0. The lowest BCUT2D eigenvalue weighted by molar-refractivity contribution is 0.208. The number of benzene rings is 1. The fourth-order valence-corrected chi connectivity index (χ4v) is 1.14. The zero-order valence-corrected chi connectivity index (χ0v) is 9.17. The lowest BCUT2D eigenvalue weighted by Crippen LogP contribution is -2.12. The molecule has 0 fully saturated rings. The highest BCUT2D eigenvalue weighted by Crippen LogP contribution is 2.23. The summed E-state index contributed by atoms with van der Waals surface area (Å²) in [6.07, 6.45) is -2.38. The molecule has 1 aromatic carbocycles. The van der Waals surface area contributed by atoms with Crippen molar-refractivity contribution in [2.24, 2.45) is 0 Å². The average molecular weight is 247 g/mol. The maximum Gasteiger partial charge on any atom is 0.409 e. The highest BCUT2D eigenvalue weighted by atomic mass is 35.5. The van der Waals surface area contributed by atoms with Gasteiger partial charge in [-0.3, -0.25) is 10.6 Å². The van der Waals surface area contributed by atoms with Crippen LogP contribution in [0.1, 0.15) is 5.56 Å². The van der Waals surface area contributed by atoms with Gasteiger partial charge in [-0.15, -0.1) is 12.4 Å². The number of rotatable bonds is 2. The van der Waals surface area contributed by atoms with E-state index < -0.39 is 12.2 Å². The zero-order valence-electron chi connectivity index (χ0n) is 8.35. The molecule has 0 atom stereocenters. The quantitative estimate of drug-likeness (QED) is 0.645. The summed E-state index contributed by atoms with van der Waals surface area (Å²) in [4.78, 5) is 20.8. The molecule has 88 valence electrons. The third kappa shape index (κ3) is 3.66. The molecule has 6 nitrogen and oxygen atoms in total. The van der Waals surface area contributed by atoms with Crippen molar-refractivity contribution in [1.82, 2.24) is 0 Å². The zero-order chi connectivity index (χ0) is 11.4. The van der Waals surface area contributed by atoms with Crippen LogP contribution >= 0.6 is 12.4 Å². The number of carboxylic acid groups (broad SMARTS) is 2. The van der Waals surface area contributed by atoms with Crippen LogP contribution in [0.25, 0.3) is 0 Å². The van der Waals surface area contributed by atoms with Crippen LogP contribution in [0.4, 0.5) is 21.0 Å². The Bertz CT molecular complexity index is 374. The molecule has 0 bridgehead atoms. The third-order valence-electron chi connectivity index (χ3n) is 1.82. The molecule has 4 N–H and O–H groups in total. The maximum absolute atomic E-state index is 10.4. The first-order valence-electron chi connectivity index (χ1n) is 4.10. The first-order valence-corrected chi connectivity index (χ1v) is 4.10. The molecule has 2 amide bonds. The van der Waals surface area contributed by atoms with Gasteiger partial charge >= 0.3 is 12.2 Å². The van der Waals surface area contributed by atoms with Crippen LogP contribution in [0, 0.1) is 6.92 Å². The molecule has 7 heteroatoms. The maximum atomic E-state index is 10.4. The molecular formula is C9H11ClN2O4. The van der Waals surface area contributed by atoms with Crippen molar-refractivity contribution in [3.05, 3.63) is 23.8 Å². The monoisotopic (exact) mass is 246 g/mol. The Morgan fingerprint density at radius 3 is 1.75 bits per heavy atom. The SMILES string of the molecule is Cc1c(NC(=O)O)cccc1NC(=O)O.Cl. The largest absolute Gasteiger partial charge is 0.465 e. The van der Waals surface area contributed by atoms with E-state index in [0.717, 1.165) is 0 Å². The van der Waals surface area contributed by atoms with Gasteiger partial charge in [0.05, 0.1) is 0 Å². The van der Waals surface area contributed by atoms with Gasteiger partial charge < -0.3 is 10.2 Å². The molecule has 0 radical (unpaired) electrons. The fourth-order valence-electron chi connectivity index (χ4n) is 1.14. The normalized spacial score (nSPS) is 8.81. The Kier molecular flexibility index (Phi) is 5.11. The Morgan fingerprint density at radius 2 is 1.44 bits per heavy atom. The average Bonchev–Trinajstić information content (AvgIpc) is 2.10. The third-order valence-corrected chi connectivity index (χ3v) is 1.82.